The van der Waals surface area contributed by atoms with Crippen molar-refractivity contribution in [1.29, 1.82) is 0 Å². The Morgan fingerprint density at radius 2 is 2.00 bits per heavy atom. The van der Waals surface area contributed by atoms with E-state index in [0.717, 1.165) is 0 Å². The molecule has 1 rings (SSSR count). The summed E-state index contributed by atoms with van der Waals surface area (Å²) in [5.74, 6) is 0.548. The van der Waals surface area contributed by atoms with Crippen LogP contribution in [0, 0.1) is 5.41 Å². The highest BCUT2D eigenvalue weighted by molar-refractivity contribution is 8.00. The number of imide groups is 1. The number of nitrogens with zero attached hydrogens (tertiary/aromatic N) is 1. The Labute approximate surface area is 112 Å². The minimum atomic E-state index is -0.292. The molecule has 0 spiro atoms. The summed E-state index contributed by atoms with van der Waals surface area (Å²) in [4.78, 5) is 36.1. The normalized spacial score (nSPS) is 20.7. The second-order valence-electron chi connectivity index (χ2n) is 5.89. The van der Waals surface area contributed by atoms with Gasteiger partial charge >= 0.3 is 0 Å². The minimum absolute atomic E-state index is 0.0791. The van der Waals surface area contributed by atoms with Crippen LogP contribution in [0.2, 0.25) is 0 Å². The average molecular weight is 271 g/mol. The van der Waals surface area contributed by atoms with Gasteiger partial charge in [-0.15, -0.1) is 11.8 Å². The molecule has 102 valence electrons. The highest BCUT2D eigenvalue weighted by atomic mass is 32.2. The zero-order valence-electron chi connectivity index (χ0n) is 11.5. The van der Waals surface area contributed by atoms with Crippen molar-refractivity contribution in [3.05, 3.63) is 0 Å². The van der Waals surface area contributed by atoms with E-state index in [1.165, 1.54) is 23.6 Å². The molecule has 0 radical (unpaired) electrons. The molecule has 0 aromatic heterocycles. The van der Waals surface area contributed by atoms with Crippen molar-refractivity contribution in [1.82, 2.24) is 4.90 Å². The van der Waals surface area contributed by atoms with Crippen molar-refractivity contribution in [2.75, 3.05) is 12.3 Å². The summed E-state index contributed by atoms with van der Waals surface area (Å²) in [5, 5.41) is -0.292. The highest BCUT2D eigenvalue weighted by Gasteiger charge is 2.40. The van der Waals surface area contributed by atoms with Gasteiger partial charge in [-0.25, -0.2) is 0 Å². The van der Waals surface area contributed by atoms with Gasteiger partial charge in [0.2, 0.25) is 11.8 Å². The number of carbonyl (C=O) groups excluding carboxylic acids is 3. The molecule has 1 atom stereocenters. The monoisotopic (exact) mass is 271 g/mol. The van der Waals surface area contributed by atoms with Gasteiger partial charge in [0.05, 0.1) is 5.25 Å². The number of hydrogen-bond acceptors (Lipinski definition) is 4. The lowest BCUT2D eigenvalue weighted by Crippen LogP contribution is -2.38. The molecule has 2 amide bonds. The quantitative estimate of drug-likeness (QED) is 0.716. The fourth-order valence-electron chi connectivity index (χ4n) is 1.77. The van der Waals surface area contributed by atoms with Crippen LogP contribution in [0.5, 0.6) is 0 Å². The summed E-state index contributed by atoms with van der Waals surface area (Å²) in [6.45, 7) is 8.01. The van der Waals surface area contributed by atoms with Crippen LogP contribution in [0.3, 0.4) is 0 Å². The summed E-state index contributed by atoms with van der Waals surface area (Å²) in [6, 6.07) is 0. The molecule has 0 bridgehead atoms. The zero-order valence-corrected chi connectivity index (χ0v) is 12.3. The standard InChI is InChI=1S/C13H21NO3S/c1-9(15)5-6-18-10-7-11(16)14(12(10)17)8-13(2,3)4/h10H,5-8H2,1-4H3. The molecule has 1 heterocycles. The molecule has 1 fully saturated rings. The summed E-state index contributed by atoms with van der Waals surface area (Å²) >= 11 is 1.42. The van der Waals surface area contributed by atoms with Crippen molar-refractivity contribution >= 4 is 29.4 Å². The maximum Gasteiger partial charge on any atom is 0.242 e. The van der Waals surface area contributed by atoms with Gasteiger partial charge in [0, 0.05) is 25.1 Å². The van der Waals surface area contributed by atoms with Gasteiger partial charge in [-0.3, -0.25) is 19.3 Å². The summed E-state index contributed by atoms with van der Waals surface area (Å²) < 4.78 is 0. The predicted octanol–water partition coefficient (Wildman–Crippen LogP) is 1.87. The molecule has 0 saturated carbocycles. The number of amides is 2. The number of rotatable bonds is 5. The third kappa shape index (κ3) is 4.44. The molecule has 18 heavy (non-hydrogen) atoms. The molecule has 1 aliphatic heterocycles. The maximum atomic E-state index is 12.1. The van der Waals surface area contributed by atoms with Gasteiger partial charge in [0.15, 0.2) is 0 Å². The van der Waals surface area contributed by atoms with E-state index in [4.69, 9.17) is 0 Å². The molecule has 0 aliphatic carbocycles. The number of Topliss-reactive ketones (excluding diaryl/α,β-unsaturated/α-hetero) is 1. The third-order valence-corrected chi connectivity index (χ3v) is 3.82. The van der Waals surface area contributed by atoms with Gasteiger partial charge in [0.25, 0.3) is 0 Å². The Balaban J connectivity index is 2.53. The number of thioether (sulfide) groups is 1. The van der Waals surface area contributed by atoms with E-state index in [0.29, 0.717) is 18.7 Å². The third-order valence-electron chi connectivity index (χ3n) is 2.61. The van der Waals surface area contributed by atoms with Crippen LogP contribution < -0.4 is 0 Å². The van der Waals surface area contributed by atoms with Crippen molar-refractivity contribution in [2.45, 2.75) is 45.8 Å². The predicted molar refractivity (Wildman–Crippen MR) is 72.3 cm³/mol. The zero-order chi connectivity index (χ0) is 13.9. The van der Waals surface area contributed by atoms with E-state index in [2.05, 4.69) is 0 Å². The largest absolute Gasteiger partial charge is 0.300 e. The van der Waals surface area contributed by atoms with Gasteiger partial charge < -0.3 is 0 Å². The lowest BCUT2D eigenvalue weighted by molar-refractivity contribution is -0.139. The first-order valence-electron chi connectivity index (χ1n) is 6.16. The molecular weight excluding hydrogens is 250 g/mol. The van der Waals surface area contributed by atoms with E-state index in [-0.39, 0.29) is 34.7 Å². The van der Waals surface area contributed by atoms with Crippen LogP contribution in [0.15, 0.2) is 0 Å². The van der Waals surface area contributed by atoms with Crippen LogP contribution >= 0.6 is 11.8 Å². The Hall–Kier alpha value is -0.840. The van der Waals surface area contributed by atoms with E-state index in [1.54, 1.807) is 0 Å². The topological polar surface area (TPSA) is 54.5 Å². The Bertz CT molecular complexity index is 360. The molecule has 0 aromatic carbocycles. The average Bonchev–Trinajstić information content (AvgIpc) is 2.43. The number of carbonyl (C=O) groups is 3. The molecular formula is C13H21NO3S. The number of hydrogen-bond donors (Lipinski definition) is 0. The van der Waals surface area contributed by atoms with Crippen molar-refractivity contribution < 1.29 is 14.4 Å². The highest BCUT2D eigenvalue weighted by Crippen LogP contribution is 2.28. The number of likely N-dealkylation sites (tertiary alicyclic amines) is 1. The second kappa shape index (κ2) is 5.87. The molecule has 4 nitrogen and oxygen atoms in total. The van der Waals surface area contributed by atoms with Gasteiger partial charge in [-0.1, -0.05) is 20.8 Å². The fraction of sp³-hybridized carbons (Fsp3) is 0.769. The Morgan fingerprint density at radius 1 is 1.39 bits per heavy atom. The van der Waals surface area contributed by atoms with Gasteiger partial charge in [-0.05, 0) is 12.3 Å². The summed E-state index contributed by atoms with van der Waals surface area (Å²) in [5.41, 5.74) is -0.0791. The first-order chi connectivity index (χ1) is 8.20. The van der Waals surface area contributed by atoms with E-state index < -0.39 is 0 Å². The smallest absolute Gasteiger partial charge is 0.242 e. The van der Waals surface area contributed by atoms with Crippen LogP contribution in [0.25, 0.3) is 0 Å². The van der Waals surface area contributed by atoms with Gasteiger partial charge in [0.1, 0.15) is 5.78 Å². The van der Waals surface area contributed by atoms with Crippen LogP contribution in [0.1, 0.15) is 40.5 Å². The van der Waals surface area contributed by atoms with E-state index in [9.17, 15) is 14.4 Å². The molecule has 1 unspecified atom stereocenters. The minimum Gasteiger partial charge on any atom is -0.300 e. The molecule has 1 saturated heterocycles. The van der Waals surface area contributed by atoms with Crippen LogP contribution in [-0.4, -0.2) is 40.0 Å². The molecule has 0 N–H and O–H groups in total. The van der Waals surface area contributed by atoms with Gasteiger partial charge in [-0.2, -0.15) is 0 Å². The van der Waals surface area contributed by atoms with Crippen LogP contribution in [0.4, 0.5) is 0 Å². The second-order valence-corrected chi connectivity index (χ2v) is 7.20. The maximum absolute atomic E-state index is 12.1. The van der Waals surface area contributed by atoms with Crippen LogP contribution in [-0.2, 0) is 14.4 Å². The van der Waals surface area contributed by atoms with E-state index in [1.807, 2.05) is 20.8 Å². The van der Waals surface area contributed by atoms with Crippen molar-refractivity contribution in [3.8, 4) is 0 Å². The van der Waals surface area contributed by atoms with E-state index >= 15 is 0 Å². The van der Waals surface area contributed by atoms with Crippen molar-refractivity contribution in [2.24, 2.45) is 5.41 Å². The first kappa shape index (κ1) is 15.2. The summed E-state index contributed by atoms with van der Waals surface area (Å²) in [6.07, 6.45) is 0.736. The Morgan fingerprint density at radius 3 is 2.50 bits per heavy atom. The lowest BCUT2D eigenvalue weighted by atomic mass is 9.96. The fourth-order valence-corrected chi connectivity index (χ4v) is 2.99. The summed E-state index contributed by atoms with van der Waals surface area (Å²) in [7, 11) is 0. The molecule has 5 heteroatoms. The molecule has 1 aliphatic rings. The van der Waals surface area contributed by atoms with Crippen molar-refractivity contribution in [3.63, 3.8) is 0 Å². The Kier molecular flexibility index (Phi) is 4.96. The lowest BCUT2D eigenvalue weighted by Gasteiger charge is -2.25. The number of ketones is 1. The SMILES string of the molecule is CC(=O)CCSC1CC(=O)N(CC(C)(C)C)C1=O. The first-order valence-corrected chi connectivity index (χ1v) is 7.21. The molecule has 0 aromatic rings.